The SMILES string of the molecule is CC(C)(C)ON(C=O)C[C@H]1CCc2cc(CN3CCN(S(=O)(=O)c4ccc5cc(Cl)ccc5c4)CC3)ccc2C1. The van der Waals surface area contributed by atoms with Gasteiger partial charge in [-0.25, -0.2) is 13.5 Å². The molecule has 0 unspecified atom stereocenters. The van der Waals surface area contributed by atoms with Crippen molar-refractivity contribution in [2.75, 3.05) is 32.7 Å². The summed E-state index contributed by atoms with van der Waals surface area (Å²) in [6.45, 7) is 9.57. The molecule has 1 aliphatic heterocycles. The smallest absolute Gasteiger partial charge is 0.243 e. The van der Waals surface area contributed by atoms with E-state index < -0.39 is 15.6 Å². The molecule has 214 valence electrons. The molecule has 1 atom stereocenters. The fourth-order valence-corrected chi connectivity index (χ4v) is 7.38. The molecule has 1 amide bonds. The van der Waals surface area contributed by atoms with Crippen LogP contribution in [0.2, 0.25) is 5.02 Å². The average molecular weight is 584 g/mol. The van der Waals surface area contributed by atoms with Crippen LogP contribution in [0.3, 0.4) is 0 Å². The first-order chi connectivity index (χ1) is 19.0. The first-order valence-corrected chi connectivity index (χ1v) is 15.8. The lowest BCUT2D eigenvalue weighted by molar-refractivity contribution is -0.220. The quantitative estimate of drug-likeness (QED) is 0.266. The first kappa shape index (κ1) is 29.0. The molecule has 1 aliphatic carbocycles. The molecule has 0 radical (unpaired) electrons. The van der Waals surface area contributed by atoms with E-state index in [1.54, 1.807) is 22.5 Å². The maximum atomic E-state index is 13.4. The number of sulfonamides is 1. The largest absolute Gasteiger partial charge is 0.296 e. The number of halogens is 1. The number of hydroxylamine groups is 2. The topological polar surface area (TPSA) is 70.2 Å². The molecule has 9 heteroatoms. The number of carbonyl (C=O) groups is 1. The van der Waals surface area contributed by atoms with Gasteiger partial charge in [-0.1, -0.05) is 41.9 Å². The highest BCUT2D eigenvalue weighted by Crippen LogP contribution is 2.29. The van der Waals surface area contributed by atoms with E-state index in [2.05, 4.69) is 23.1 Å². The predicted molar refractivity (Wildman–Crippen MR) is 159 cm³/mol. The van der Waals surface area contributed by atoms with Crippen molar-refractivity contribution < 1.29 is 18.0 Å². The highest BCUT2D eigenvalue weighted by Gasteiger charge is 2.29. The summed E-state index contributed by atoms with van der Waals surface area (Å²) >= 11 is 6.07. The average Bonchev–Trinajstić information content (AvgIpc) is 2.92. The molecule has 5 rings (SSSR count). The van der Waals surface area contributed by atoms with Gasteiger partial charge in [-0.2, -0.15) is 4.31 Å². The number of hydrogen-bond acceptors (Lipinski definition) is 5. The molecule has 1 fully saturated rings. The molecule has 0 N–H and O–H groups in total. The Morgan fingerprint density at radius 3 is 2.42 bits per heavy atom. The van der Waals surface area contributed by atoms with E-state index in [1.807, 2.05) is 39.0 Å². The number of nitrogens with zero attached hydrogens (tertiary/aromatic N) is 3. The van der Waals surface area contributed by atoms with Crippen molar-refractivity contribution in [3.63, 3.8) is 0 Å². The van der Waals surface area contributed by atoms with E-state index in [1.165, 1.54) is 21.8 Å². The van der Waals surface area contributed by atoms with E-state index in [-0.39, 0.29) is 0 Å². The molecule has 40 heavy (non-hydrogen) atoms. The normalized spacial score (nSPS) is 18.9. The number of piperazine rings is 1. The lowest BCUT2D eigenvalue weighted by Crippen LogP contribution is -2.48. The van der Waals surface area contributed by atoms with Crippen molar-refractivity contribution >= 4 is 38.8 Å². The van der Waals surface area contributed by atoms with E-state index in [9.17, 15) is 13.2 Å². The number of fused-ring (bicyclic) bond motifs is 2. The summed E-state index contributed by atoms with van der Waals surface area (Å²) < 4.78 is 28.3. The second-order valence-corrected chi connectivity index (χ2v) is 14.3. The minimum Gasteiger partial charge on any atom is -0.296 e. The molecule has 0 spiro atoms. The Kier molecular flexibility index (Phi) is 8.55. The molecule has 0 bridgehead atoms. The highest BCUT2D eigenvalue weighted by atomic mass is 35.5. The number of amides is 1. The van der Waals surface area contributed by atoms with Gasteiger partial charge in [-0.3, -0.25) is 14.5 Å². The number of rotatable bonds is 8. The van der Waals surface area contributed by atoms with E-state index in [0.29, 0.717) is 48.6 Å². The van der Waals surface area contributed by atoms with E-state index in [0.717, 1.165) is 43.0 Å². The van der Waals surface area contributed by atoms with Crippen LogP contribution in [0.15, 0.2) is 59.5 Å². The Morgan fingerprint density at radius 1 is 0.975 bits per heavy atom. The molecule has 0 aromatic heterocycles. The van der Waals surface area contributed by atoms with Gasteiger partial charge in [0.25, 0.3) is 0 Å². The zero-order valence-corrected chi connectivity index (χ0v) is 25.0. The second kappa shape index (κ2) is 11.8. The van der Waals surface area contributed by atoms with Gasteiger partial charge in [0.1, 0.15) is 0 Å². The fraction of sp³-hybridized carbons (Fsp3) is 0.452. The van der Waals surface area contributed by atoms with E-state index in [4.69, 9.17) is 16.4 Å². The van der Waals surface area contributed by atoms with Crippen LogP contribution in [0.25, 0.3) is 10.8 Å². The van der Waals surface area contributed by atoms with Crippen molar-refractivity contribution in [2.24, 2.45) is 5.92 Å². The summed E-state index contributed by atoms with van der Waals surface area (Å²) in [7, 11) is -3.56. The monoisotopic (exact) mass is 583 g/mol. The summed E-state index contributed by atoms with van der Waals surface area (Å²) in [6.07, 6.45) is 3.73. The minimum absolute atomic E-state index is 0.324. The van der Waals surface area contributed by atoms with Crippen LogP contribution in [-0.2, 0) is 39.0 Å². The Hall–Kier alpha value is -2.49. The summed E-state index contributed by atoms with van der Waals surface area (Å²) in [5, 5.41) is 3.87. The molecule has 7 nitrogen and oxygen atoms in total. The van der Waals surface area contributed by atoms with Crippen LogP contribution in [0.4, 0.5) is 0 Å². The zero-order valence-electron chi connectivity index (χ0n) is 23.5. The fourth-order valence-electron chi connectivity index (χ4n) is 5.74. The number of aryl methyl sites for hydroxylation is 1. The van der Waals surface area contributed by atoms with Gasteiger partial charge >= 0.3 is 0 Å². The predicted octanol–water partition coefficient (Wildman–Crippen LogP) is 5.29. The standard InChI is InChI=1S/C31H38ClN3O4S/c1-31(2,3)39-34(22-36)21-24-5-7-25-16-23(4-6-26(25)17-24)20-33-12-14-35(15-13-33)40(37,38)30-11-9-27-18-29(32)10-8-28(27)19-30/h4,6,8-11,16,18-19,22,24H,5,7,12-15,17,20-21H2,1-3H3/t24-/m0/s1. The number of benzene rings is 3. The van der Waals surface area contributed by atoms with Crippen molar-refractivity contribution in [3.8, 4) is 0 Å². The summed E-state index contributed by atoms with van der Waals surface area (Å²) in [5.41, 5.74) is 3.58. The molecular weight excluding hydrogens is 546 g/mol. The third kappa shape index (κ3) is 6.86. The van der Waals surface area contributed by atoms with Crippen LogP contribution >= 0.6 is 11.6 Å². The Morgan fingerprint density at radius 2 is 1.70 bits per heavy atom. The van der Waals surface area contributed by atoms with Gasteiger partial charge in [-0.15, -0.1) is 0 Å². The van der Waals surface area contributed by atoms with Crippen LogP contribution < -0.4 is 0 Å². The molecule has 3 aromatic rings. The molecule has 3 aromatic carbocycles. The van der Waals surface area contributed by atoms with Crippen molar-refractivity contribution in [3.05, 3.63) is 76.3 Å². The van der Waals surface area contributed by atoms with Gasteiger partial charge in [0, 0.05) is 37.7 Å². The van der Waals surface area contributed by atoms with Gasteiger partial charge < -0.3 is 0 Å². The van der Waals surface area contributed by atoms with Gasteiger partial charge in [0.05, 0.1) is 17.0 Å². The Bertz CT molecular complexity index is 1480. The molecule has 0 saturated carbocycles. The lowest BCUT2D eigenvalue weighted by atomic mass is 9.83. The highest BCUT2D eigenvalue weighted by molar-refractivity contribution is 7.89. The molecule has 1 heterocycles. The third-order valence-corrected chi connectivity index (χ3v) is 9.83. The molecular formula is C31H38ClN3O4S. The Balaban J connectivity index is 1.16. The van der Waals surface area contributed by atoms with Crippen LogP contribution in [-0.4, -0.2) is 67.4 Å². The van der Waals surface area contributed by atoms with Crippen molar-refractivity contribution in [1.29, 1.82) is 0 Å². The maximum Gasteiger partial charge on any atom is 0.243 e. The number of hydrogen-bond donors (Lipinski definition) is 0. The van der Waals surface area contributed by atoms with Gasteiger partial charge in [-0.05, 0) is 97.7 Å². The van der Waals surface area contributed by atoms with Crippen LogP contribution in [0, 0.1) is 5.92 Å². The lowest BCUT2D eigenvalue weighted by Gasteiger charge is -2.34. The minimum atomic E-state index is -3.56. The molecule has 2 aliphatic rings. The summed E-state index contributed by atoms with van der Waals surface area (Å²) in [5.74, 6) is 0.376. The summed E-state index contributed by atoms with van der Waals surface area (Å²) in [6, 6.07) is 17.4. The van der Waals surface area contributed by atoms with Crippen molar-refractivity contribution in [2.45, 2.75) is 57.1 Å². The van der Waals surface area contributed by atoms with E-state index >= 15 is 0 Å². The Labute approximate surface area is 242 Å². The van der Waals surface area contributed by atoms with Crippen LogP contribution in [0.1, 0.15) is 43.9 Å². The van der Waals surface area contributed by atoms with Crippen LogP contribution in [0.5, 0.6) is 0 Å². The third-order valence-electron chi connectivity index (χ3n) is 7.70. The molecule has 1 saturated heterocycles. The second-order valence-electron chi connectivity index (χ2n) is 12.0. The van der Waals surface area contributed by atoms with Gasteiger partial charge in [0.2, 0.25) is 16.4 Å². The summed E-state index contributed by atoms with van der Waals surface area (Å²) in [4.78, 5) is 19.9. The van der Waals surface area contributed by atoms with Crippen molar-refractivity contribution in [1.82, 2.24) is 14.3 Å². The maximum absolute atomic E-state index is 13.4. The zero-order chi connectivity index (χ0) is 28.5. The number of carbonyl (C=O) groups excluding carboxylic acids is 1. The van der Waals surface area contributed by atoms with Gasteiger partial charge in [0.15, 0.2) is 0 Å². The first-order valence-electron chi connectivity index (χ1n) is 13.9.